The first-order valence-electron chi connectivity index (χ1n) is 9.52. The normalized spacial score (nSPS) is 14.8. The Morgan fingerprint density at radius 1 is 0.778 bits per heavy atom. The first kappa shape index (κ1) is 17.6. The number of benzene rings is 3. The minimum absolute atomic E-state index is 0.645. The van der Waals surface area contributed by atoms with E-state index < -0.39 is 5.60 Å². The molecule has 0 amide bonds. The second-order valence-corrected chi connectivity index (χ2v) is 6.67. The lowest BCUT2D eigenvalue weighted by molar-refractivity contribution is 0.118. The zero-order valence-electron chi connectivity index (χ0n) is 15.6. The van der Waals surface area contributed by atoms with Crippen LogP contribution in [0.3, 0.4) is 0 Å². The summed E-state index contributed by atoms with van der Waals surface area (Å²) in [5, 5.41) is 0. The van der Waals surface area contributed by atoms with E-state index in [0.29, 0.717) is 13.2 Å². The molecule has 2 nitrogen and oxygen atoms in total. The molecular formula is C25H24O2. The Morgan fingerprint density at radius 3 is 2.00 bits per heavy atom. The summed E-state index contributed by atoms with van der Waals surface area (Å²) in [6, 6.07) is 29.2. The molecule has 0 fully saturated rings. The lowest BCUT2D eigenvalue weighted by atomic mass is 9.76. The molecule has 0 unspecified atom stereocenters. The van der Waals surface area contributed by atoms with Gasteiger partial charge in [-0.15, -0.1) is 0 Å². The average Bonchev–Trinajstić information content (AvgIpc) is 2.74. The predicted octanol–water partition coefficient (Wildman–Crippen LogP) is 5.83. The summed E-state index contributed by atoms with van der Waals surface area (Å²) in [7, 11) is 0. The minimum Gasteiger partial charge on any atom is -0.473 e. The Labute approximate surface area is 161 Å². The zero-order valence-corrected chi connectivity index (χ0v) is 15.6. The molecule has 1 heterocycles. The molecule has 1 aliphatic rings. The van der Waals surface area contributed by atoms with Crippen molar-refractivity contribution in [2.75, 3.05) is 13.2 Å². The van der Waals surface area contributed by atoms with Crippen LogP contribution in [0, 0.1) is 0 Å². The highest BCUT2D eigenvalue weighted by molar-refractivity contribution is 5.68. The van der Waals surface area contributed by atoms with Gasteiger partial charge in [-0.2, -0.15) is 0 Å². The summed E-state index contributed by atoms with van der Waals surface area (Å²) in [5.74, 6) is 0.908. The summed E-state index contributed by atoms with van der Waals surface area (Å²) in [5.41, 5.74) is 3.95. The largest absolute Gasteiger partial charge is 0.473 e. The summed E-state index contributed by atoms with van der Waals surface area (Å²) in [4.78, 5) is 0. The van der Waals surface area contributed by atoms with Gasteiger partial charge < -0.3 is 9.47 Å². The van der Waals surface area contributed by atoms with E-state index in [1.54, 1.807) is 0 Å². The molecule has 0 bridgehead atoms. The van der Waals surface area contributed by atoms with Gasteiger partial charge in [0.05, 0.1) is 6.61 Å². The van der Waals surface area contributed by atoms with Crippen molar-refractivity contribution >= 4 is 6.08 Å². The number of rotatable bonds is 6. The summed E-state index contributed by atoms with van der Waals surface area (Å²) >= 11 is 0. The van der Waals surface area contributed by atoms with Gasteiger partial charge in [0.1, 0.15) is 5.75 Å². The fourth-order valence-corrected chi connectivity index (χ4v) is 3.79. The zero-order chi connectivity index (χ0) is 18.5. The van der Waals surface area contributed by atoms with Gasteiger partial charge >= 0.3 is 0 Å². The Morgan fingerprint density at radius 2 is 1.37 bits per heavy atom. The molecule has 2 heteroatoms. The molecule has 0 saturated carbocycles. The first-order chi connectivity index (χ1) is 13.3. The van der Waals surface area contributed by atoms with Crippen LogP contribution < -0.4 is 4.74 Å². The highest BCUT2D eigenvalue weighted by Gasteiger charge is 2.42. The third-order valence-corrected chi connectivity index (χ3v) is 5.04. The molecule has 1 aliphatic heterocycles. The Hall–Kier alpha value is -2.84. The van der Waals surface area contributed by atoms with Crippen LogP contribution in [0.25, 0.3) is 6.08 Å². The van der Waals surface area contributed by atoms with Gasteiger partial charge in [0.15, 0.2) is 5.60 Å². The van der Waals surface area contributed by atoms with Crippen LogP contribution >= 0.6 is 0 Å². The van der Waals surface area contributed by atoms with Gasteiger partial charge in [-0.25, -0.2) is 0 Å². The van der Waals surface area contributed by atoms with E-state index in [4.69, 9.17) is 9.47 Å². The third kappa shape index (κ3) is 3.29. The average molecular weight is 356 g/mol. The highest BCUT2D eigenvalue weighted by Crippen LogP contribution is 2.47. The van der Waals surface area contributed by atoms with Crippen molar-refractivity contribution in [2.45, 2.75) is 18.9 Å². The maximum Gasteiger partial charge on any atom is 0.181 e. The summed E-state index contributed by atoms with van der Waals surface area (Å²) < 4.78 is 12.5. The molecule has 27 heavy (non-hydrogen) atoms. The smallest absolute Gasteiger partial charge is 0.181 e. The first-order valence-corrected chi connectivity index (χ1v) is 9.52. The van der Waals surface area contributed by atoms with E-state index in [1.807, 2.05) is 31.2 Å². The van der Waals surface area contributed by atoms with E-state index in [2.05, 4.69) is 66.7 Å². The lowest BCUT2D eigenvalue weighted by Gasteiger charge is -2.41. The van der Waals surface area contributed by atoms with Crippen molar-refractivity contribution in [3.8, 4) is 5.75 Å². The Bertz CT molecular complexity index is 874. The molecule has 136 valence electrons. The summed E-state index contributed by atoms with van der Waals surface area (Å²) in [6.07, 6.45) is 3.09. The topological polar surface area (TPSA) is 18.5 Å². The number of ether oxygens (including phenoxy) is 2. The van der Waals surface area contributed by atoms with Crippen LogP contribution in [0.4, 0.5) is 0 Å². The van der Waals surface area contributed by atoms with Gasteiger partial charge in [0.2, 0.25) is 0 Å². The van der Waals surface area contributed by atoms with Gasteiger partial charge in [0.25, 0.3) is 0 Å². The quantitative estimate of drug-likeness (QED) is 0.517. The van der Waals surface area contributed by atoms with Gasteiger partial charge in [-0.05, 0) is 31.1 Å². The van der Waals surface area contributed by atoms with E-state index >= 15 is 0 Å². The summed E-state index contributed by atoms with van der Waals surface area (Å²) in [6.45, 7) is 3.42. The molecule has 3 aromatic rings. The van der Waals surface area contributed by atoms with Crippen molar-refractivity contribution in [1.29, 1.82) is 0 Å². The van der Waals surface area contributed by atoms with Crippen LogP contribution in [0.15, 0.2) is 90.5 Å². The maximum atomic E-state index is 6.81. The molecule has 4 rings (SSSR count). The monoisotopic (exact) mass is 356 g/mol. The van der Waals surface area contributed by atoms with Crippen LogP contribution in [0.1, 0.15) is 30.0 Å². The van der Waals surface area contributed by atoms with E-state index in [-0.39, 0.29) is 0 Å². The SMILES string of the molecule is CCOCCC1=Cc2ccccc2OC1(c1ccccc1)c1ccccc1. The van der Waals surface area contributed by atoms with Crippen molar-refractivity contribution < 1.29 is 9.47 Å². The van der Waals surface area contributed by atoms with E-state index in [1.165, 1.54) is 5.57 Å². The van der Waals surface area contributed by atoms with Crippen LogP contribution in [-0.4, -0.2) is 13.2 Å². The lowest BCUT2D eigenvalue weighted by Crippen LogP contribution is -2.39. The number of hydrogen-bond donors (Lipinski definition) is 0. The Balaban J connectivity index is 1.92. The molecule has 0 aliphatic carbocycles. The Kier molecular flexibility index (Phi) is 5.08. The highest BCUT2D eigenvalue weighted by atomic mass is 16.5. The predicted molar refractivity (Wildman–Crippen MR) is 110 cm³/mol. The fraction of sp³-hybridized carbons (Fsp3) is 0.200. The minimum atomic E-state index is -0.645. The number of hydrogen-bond acceptors (Lipinski definition) is 2. The van der Waals surface area contributed by atoms with Crippen LogP contribution in [0.2, 0.25) is 0 Å². The van der Waals surface area contributed by atoms with Gasteiger partial charge in [-0.3, -0.25) is 0 Å². The van der Waals surface area contributed by atoms with Gasteiger partial charge in [0, 0.05) is 23.3 Å². The molecule has 0 radical (unpaired) electrons. The fourth-order valence-electron chi connectivity index (χ4n) is 3.79. The molecule has 0 spiro atoms. The third-order valence-electron chi connectivity index (χ3n) is 5.04. The molecule has 0 aromatic heterocycles. The maximum absolute atomic E-state index is 6.81. The van der Waals surface area contributed by atoms with Crippen molar-refractivity contribution in [1.82, 2.24) is 0 Å². The van der Waals surface area contributed by atoms with E-state index in [9.17, 15) is 0 Å². The number of fused-ring (bicyclic) bond motifs is 1. The van der Waals surface area contributed by atoms with Crippen molar-refractivity contribution in [3.63, 3.8) is 0 Å². The molecule has 3 aromatic carbocycles. The molecular weight excluding hydrogens is 332 g/mol. The van der Waals surface area contributed by atoms with E-state index in [0.717, 1.165) is 28.9 Å². The van der Waals surface area contributed by atoms with Gasteiger partial charge in [-0.1, -0.05) is 78.9 Å². The molecule has 0 N–H and O–H groups in total. The standard InChI is InChI=1S/C25H24O2/c1-2-26-18-17-23-19-20-11-9-10-16-24(20)27-25(23,21-12-5-3-6-13-21)22-14-7-4-8-15-22/h3-16,19H,2,17-18H2,1H3. The van der Waals surface area contributed by atoms with Crippen molar-refractivity contribution in [2.24, 2.45) is 0 Å². The number of para-hydroxylation sites is 1. The van der Waals surface area contributed by atoms with Crippen LogP contribution in [0.5, 0.6) is 5.75 Å². The second kappa shape index (κ2) is 7.81. The molecule has 0 atom stereocenters. The second-order valence-electron chi connectivity index (χ2n) is 6.67. The molecule has 0 saturated heterocycles. The van der Waals surface area contributed by atoms with Crippen LogP contribution in [-0.2, 0) is 10.3 Å². The van der Waals surface area contributed by atoms with Crippen molar-refractivity contribution in [3.05, 3.63) is 107 Å².